The van der Waals surface area contributed by atoms with Crippen LogP contribution >= 0.6 is 0 Å². The second-order valence-electron chi connectivity index (χ2n) is 6.53. The van der Waals surface area contributed by atoms with E-state index in [9.17, 15) is 4.79 Å². The summed E-state index contributed by atoms with van der Waals surface area (Å²) in [6.45, 7) is 9.35. The second kappa shape index (κ2) is 7.99. The molecule has 1 unspecified atom stereocenters. The van der Waals surface area contributed by atoms with Crippen LogP contribution in [0.1, 0.15) is 33.6 Å². The lowest BCUT2D eigenvalue weighted by atomic mass is 9.88. The molecular weight excluding hydrogens is 268 g/mol. The molecule has 0 radical (unpaired) electrons. The fourth-order valence-electron chi connectivity index (χ4n) is 1.97. The third-order valence-corrected chi connectivity index (χ3v) is 3.39. The van der Waals surface area contributed by atoms with Gasteiger partial charge < -0.3 is 9.64 Å². The molecule has 0 N–H and O–H groups in total. The molecule has 21 heavy (non-hydrogen) atoms. The molecule has 1 heterocycles. The summed E-state index contributed by atoms with van der Waals surface area (Å²) < 4.78 is 5.28. The fourth-order valence-corrected chi connectivity index (χ4v) is 1.97. The Balaban J connectivity index is 2.68. The first-order valence-electron chi connectivity index (χ1n) is 7.36. The van der Waals surface area contributed by atoms with E-state index in [1.54, 1.807) is 6.34 Å². The Morgan fingerprint density at radius 3 is 2.62 bits per heavy atom. The number of nitriles is 1. The number of amides is 1. The maximum absolute atomic E-state index is 12.2. The molecular formula is C15H26N4O2. The van der Waals surface area contributed by atoms with Gasteiger partial charge in [-0.05, 0) is 18.3 Å². The summed E-state index contributed by atoms with van der Waals surface area (Å²) in [6.07, 6.45) is 5.12. The van der Waals surface area contributed by atoms with Gasteiger partial charge in [0.25, 0.3) is 5.91 Å². The normalized spacial score (nSPS) is 17.6. The highest BCUT2D eigenvalue weighted by Crippen LogP contribution is 2.23. The Kier molecular flexibility index (Phi) is 6.63. The van der Waals surface area contributed by atoms with Crippen LogP contribution in [0.5, 0.6) is 0 Å². The molecule has 6 heteroatoms. The van der Waals surface area contributed by atoms with Gasteiger partial charge in [-0.2, -0.15) is 5.26 Å². The van der Waals surface area contributed by atoms with E-state index in [1.165, 1.54) is 7.05 Å². The van der Waals surface area contributed by atoms with Crippen LogP contribution in [0.3, 0.4) is 0 Å². The summed E-state index contributed by atoms with van der Waals surface area (Å²) in [6, 6.07) is -0.489. The number of morpholine rings is 1. The monoisotopic (exact) mass is 294 g/mol. The average molecular weight is 294 g/mol. The number of likely N-dealkylation sites (N-methyl/N-ethyl adjacent to an activating group) is 1. The molecule has 6 nitrogen and oxygen atoms in total. The Hall–Kier alpha value is -1.61. The standard InChI is InChI=1S/C15H26N4O2/c1-15(2,3)6-5-13(14(20)18(4)11-16)17-12-19-7-9-21-10-8-19/h12-13H,5-10H2,1-4H3. The van der Waals surface area contributed by atoms with Crippen LogP contribution < -0.4 is 0 Å². The predicted molar refractivity (Wildman–Crippen MR) is 81.7 cm³/mol. The van der Waals surface area contributed by atoms with E-state index in [-0.39, 0.29) is 11.3 Å². The summed E-state index contributed by atoms with van der Waals surface area (Å²) in [7, 11) is 1.48. The lowest BCUT2D eigenvalue weighted by molar-refractivity contribution is -0.128. The molecule has 0 aromatic carbocycles. The molecule has 1 atom stereocenters. The number of aliphatic imine (C=N–C) groups is 1. The third-order valence-electron chi connectivity index (χ3n) is 3.39. The molecule has 0 saturated carbocycles. The molecule has 1 saturated heterocycles. The lowest BCUT2D eigenvalue weighted by Crippen LogP contribution is -2.37. The Morgan fingerprint density at radius 1 is 1.48 bits per heavy atom. The van der Waals surface area contributed by atoms with Crippen LogP contribution in [-0.2, 0) is 9.53 Å². The number of carbonyl (C=O) groups is 1. The fraction of sp³-hybridized carbons (Fsp3) is 0.800. The van der Waals surface area contributed by atoms with E-state index < -0.39 is 6.04 Å². The van der Waals surface area contributed by atoms with E-state index in [2.05, 4.69) is 25.8 Å². The van der Waals surface area contributed by atoms with E-state index in [1.807, 2.05) is 11.1 Å². The zero-order chi connectivity index (χ0) is 15.9. The first-order valence-corrected chi connectivity index (χ1v) is 7.36. The Labute approximate surface area is 127 Å². The van der Waals surface area contributed by atoms with Crippen molar-refractivity contribution in [3.63, 3.8) is 0 Å². The van der Waals surface area contributed by atoms with E-state index in [0.29, 0.717) is 19.6 Å². The van der Waals surface area contributed by atoms with Crippen LogP contribution in [-0.4, -0.2) is 61.4 Å². The van der Waals surface area contributed by atoms with Crippen LogP contribution in [0, 0.1) is 16.9 Å². The zero-order valence-corrected chi connectivity index (χ0v) is 13.5. The molecule has 0 bridgehead atoms. The molecule has 1 rings (SSSR count). The quantitative estimate of drug-likeness (QED) is 0.333. The second-order valence-corrected chi connectivity index (χ2v) is 6.53. The van der Waals surface area contributed by atoms with Crippen LogP contribution in [0.15, 0.2) is 4.99 Å². The van der Waals surface area contributed by atoms with Gasteiger partial charge in [-0.25, -0.2) is 0 Å². The van der Waals surface area contributed by atoms with Crippen molar-refractivity contribution in [2.45, 2.75) is 39.7 Å². The van der Waals surface area contributed by atoms with Crippen molar-refractivity contribution >= 4 is 12.2 Å². The van der Waals surface area contributed by atoms with E-state index in [0.717, 1.165) is 24.4 Å². The first kappa shape index (κ1) is 17.4. The van der Waals surface area contributed by atoms with Crippen molar-refractivity contribution in [2.75, 3.05) is 33.4 Å². The summed E-state index contributed by atoms with van der Waals surface area (Å²) in [5.74, 6) is -0.244. The zero-order valence-electron chi connectivity index (χ0n) is 13.5. The van der Waals surface area contributed by atoms with Crippen molar-refractivity contribution in [1.29, 1.82) is 5.26 Å². The minimum atomic E-state index is -0.489. The molecule has 1 aliphatic rings. The number of carbonyl (C=O) groups excluding carboxylic acids is 1. The number of rotatable bonds is 5. The van der Waals surface area contributed by atoms with Crippen LogP contribution in [0.2, 0.25) is 0 Å². The molecule has 0 aromatic heterocycles. The van der Waals surface area contributed by atoms with Gasteiger partial charge in [0.15, 0.2) is 6.19 Å². The van der Waals surface area contributed by atoms with Crippen LogP contribution in [0.4, 0.5) is 0 Å². The van der Waals surface area contributed by atoms with E-state index >= 15 is 0 Å². The molecule has 0 spiro atoms. The summed E-state index contributed by atoms with van der Waals surface area (Å²) >= 11 is 0. The van der Waals surface area contributed by atoms with Gasteiger partial charge in [0.2, 0.25) is 0 Å². The molecule has 1 aliphatic heterocycles. The highest BCUT2D eigenvalue weighted by molar-refractivity contribution is 5.84. The van der Waals surface area contributed by atoms with Gasteiger partial charge in [-0.15, -0.1) is 0 Å². The number of hydrogen-bond acceptors (Lipinski definition) is 4. The Morgan fingerprint density at radius 2 is 2.10 bits per heavy atom. The van der Waals surface area contributed by atoms with Crippen molar-refractivity contribution in [1.82, 2.24) is 9.80 Å². The Bertz CT molecular complexity index is 403. The van der Waals surface area contributed by atoms with Crippen molar-refractivity contribution in [2.24, 2.45) is 10.4 Å². The van der Waals surface area contributed by atoms with Crippen molar-refractivity contribution < 1.29 is 9.53 Å². The number of ether oxygens (including phenoxy) is 1. The van der Waals surface area contributed by atoms with Gasteiger partial charge in [0, 0.05) is 20.1 Å². The molecule has 0 aromatic rings. The first-order chi connectivity index (χ1) is 9.83. The predicted octanol–water partition coefficient (Wildman–Crippen LogP) is 1.48. The van der Waals surface area contributed by atoms with Crippen molar-refractivity contribution in [3.05, 3.63) is 0 Å². The van der Waals surface area contributed by atoms with Gasteiger partial charge in [0.05, 0.1) is 19.6 Å². The summed E-state index contributed by atoms with van der Waals surface area (Å²) in [5.41, 5.74) is 0.137. The molecule has 118 valence electrons. The van der Waals surface area contributed by atoms with E-state index in [4.69, 9.17) is 10.00 Å². The summed E-state index contributed by atoms with van der Waals surface area (Å²) in [5, 5.41) is 8.88. The molecule has 1 amide bonds. The smallest absolute Gasteiger partial charge is 0.260 e. The minimum absolute atomic E-state index is 0.137. The van der Waals surface area contributed by atoms with Gasteiger partial charge >= 0.3 is 0 Å². The molecule has 0 aliphatic carbocycles. The number of nitrogens with zero attached hydrogens (tertiary/aromatic N) is 4. The molecule has 1 fully saturated rings. The van der Waals surface area contributed by atoms with Crippen molar-refractivity contribution in [3.8, 4) is 6.19 Å². The summed E-state index contributed by atoms with van der Waals surface area (Å²) in [4.78, 5) is 19.7. The average Bonchev–Trinajstić information content (AvgIpc) is 2.45. The van der Waals surface area contributed by atoms with Crippen LogP contribution in [0.25, 0.3) is 0 Å². The van der Waals surface area contributed by atoms with Gasteiger partial charge in [0.1, 0.15) is 6.04 Å². The van der Waals surface area contributed by atoms with Gasteiger partial charge in [-0.1, -0.05) is 20.8 Å². The SMILES string of the molecule is CN(C#N)C(=O)C(CCC(C)(C)C)N=CN1CCOCC1. The highest BCUT2D eigenvalue weighted by Gasteiger charge is 2.23. The van der Waals surface area contributed by atoms with Gasteiger partial charge in [-0.3, -0.25) is 14.7 Å². The maximum Gasteiger partial charge on any atom is 0.260 e. The number of hydrogen-bond donors (Lipinski definition) is 0. The largest absolute Gasteiger partial charge is 0.378 e. The topological polar surface area (TPSA) is 68.9 Å². The minimum Gasteiger partial charge on any atom is -0.378 e. The maximum atomic E-state index is 12.2. The highest BCUT2D eigenvalue weighted by atomic mass is 16.5. The third kappa shape index (κ3) is 6.58. The lowest BCUT2D eigenvalue weighted by Gasteiger charge is -2.26.